The number of carbonyl (C=O) groups excluding carboxylic acids is 1. The highest BCUT2D eigenvalue weighted by Crippen LogP contribution is 2.23. The first kappa shape index (κ1) is 14.9. The molecule has 0 bridgehead atoms. The highest BCUT2D eigenvalue weighted by molar-refractivity contribution is 5.90. The minimum atomic E-state index is -0.480. The zero-order valence-corrected chi connectivity index (χ0v) is 11.3. The van der Waals surface area contributed by atoms with Gasteiger partial charge in [-0.15, -0.1) is 6.42 Å². The molecule has 0 atom stereocenters. The zero-order chi connectivity index (χ0) is 14.3. The average molecular weight is 261 g/mol. The van der Waals surface area contributed by atoms with E-state index in [1.807, 2.05) is 0 Å². The normalized spacial score (nSPS) is 10.0. The van der Waals surface area contributed by atoms with Gasteiger partial charge >= 0.3 is 5.97 Å². The molecule has 1 aromatic carbocycles. The van der Waals surface area contributed by atoms with Gasteiger partial charge in [-0.25, -0.2) is 4.79 Å². The summed E-state index contributed by atoms with van der Waals surface area (Å²) in [7, 11) is 0. The van der Waals surface area contributed by atoms with E-state index in [-0.39, 0.29) is 6.61 Å². The van der Waals surface area contributed by atoms with Gasteiger partial charge in [0, 0.05) is 0 Å². The molecule has 0 saturated heterocycles. The standard InChI is InChI=1S/C15H19NO3/c1-4-8-19-15(17)12-5-6-13(16)14(10-12)18-9-7-11(2)3/h1,5-6,10-11H,7-9,16H2,2-3H3. The highest BCUT2D eigenvalue weighted by atomic mass is 16.5. The number of hydrogen-bond donors (Lipinski definition) is 1. The van der Waals surface area contributed by atoms with Gasteiger partial charge in [-0.3, -0.25) is 0 Å². The van der Waals surface area contributed by atoms with E-state index in [0.717, 1.165) is 6.42 Å². The van der Waals surface area contributed by atoms with Crippen LogP contribution in [0.5, 0.6) is 5.75 Å². The van der Waals surface area contributed by atoms with Crippen molar-refractivity contribution in [3.8, 4) is 18.1 Å². The summed E-state index contributed by atoms with van der Waals surface area (Å²) in [4.78, 5) is 11.6. The number of anilines is 1. The van der Waals surface area contributed by atoms with Gasteiger partial charge in [0.2, 0.25) is 0 Å². The Morgan fingerprint density at radius 1 is 1.47 bits per heavy atom. The molecule has 0 aliphatic carbocycles. The van der Waals surface area contributed by atoms with Gasteiger partial charge in [-0.1, -0.05) is 19.8 Å². The van der Waals surface area contributed by atoms with Gasteiger partial charge in [0.25, 0.3) is 0 Å². The molecule has 102 valence electrons. The van der Waals surface area contributed by atoms with E-state index in [4.69, 9.17) is 21.6 Å². The van der Waals surface area contributed by atoms with Crippen LogP contribution in [0, 0.1) is 18.3 Å². The van der Waals surface area contributed by atoms with Crippen LogP contribution in [-0.2, 0) is 4.74 Å². The van der Waals surface area contributed by atoms with Crippen molar-refractivity contribution in [3.63, 3.8) is 0 Å². The van der Waals surface area contributed by atoms with Crippen molar-refractivity contribution in [3.05, 3.63) is 23.8 Å². The Hall–Kier alpha value is -2.15. The summed E-state index contributed by atoms with van der Waals surface area (Å²) in [6.07, 6.45) is 5.95. The third kappa shape index (κ3) is 4.92. The topological polar surface area (TPSA) is 61.5 Å². The van der Waals surface area contributed by atoms with Gasteiger partial charge < -0.3 is 15.2 Å². The molecule has 0 aromatic heterocycles. The van der Waals surface area contributed by atoms with Gasteiger partial charge in [0.05, 0.1) is 17.9 Å². The number of nitrogen functional groups attached to an aromatic ring is 1. The lowest BCUT2D eigenvalue weighted by Gasteiger charge is -2.11. The van der Waals surface area contributed by atoms with Crippen LogP contribution in [0.2, 0.25) is 0 Å². The van der Waals surface area contributed by atoms with E-state index in [1.165, 1.54) is 0 Å². The molecule has 0 spiro atoms. The van der Waals surface area contributed by atoms with Crippen LogP contribution in [0.1, 0.15) is 30.6 Å². The molecule has 0 radical (unpaired) electrons. The number of esters is 1. The first-order chi connectivity index (χ1) is 9.04. The quantitative estimate of drug-likeness (QED) is 0.485. The van der Waals surface area contributed by atoms with Gasteiger partial charge in [0.1, 0.15) is 5.75 Å². The second-order valence-corrected chi connectivity index (χ2v) is 4.56. The van der Waals surface area contributed by atoms with Gasteiger partial charge in [-0.05, 0) is 30.5 Å². The second-order valence-electron chi connectivity index (χ2n) is 4.56. The third-order valence-corrected chi connectivity index (χ3v) is 2.49. The van der Waals surface area contributed by atoms with Crippen molar-refractivity contribution in [1.82, 2.24) is 0 Å². The Kier molecular flexibility index (Phi) is 5.74. The number of hydrogen-bond acceptors (Lipinski definition) is 4. The van der Waals surface area contributed by atoms with Gasteiger partial charge in [0.15, 0.2) is 6.61 Å². The molecule has 19 heavy (non-hydrogen) atoms. The fraction of sp³-hybridized carbons (Fsp3) is 0.400. The minimum absolute atomic E-state index is 0.0489. The first-order valence-corrected chi connectivity index (χ1v) is 6.17. The molecule has 4 nitrogen and oxygen atoms in total. The van der Waals surface area contributed by atoms with E-state index >= 15 is 0 Å². The Labute approximate surface area is 113 Å². The average Bonchev–Trinajstić information content (AvgIpc) is 2.37. The van der Waals surface area contributed by atoms with Crippen molar-refractivity contribution in [2.45, 2.75) is 20.3 Å². The van der Waals surface area contributed by atoms with Crippen LogP contribution >= 0.6 is 0 Å². The van der Waals surface area contributed by atoms with Crippen molar-refractivity contribution in [1.29, 1.82) is 0 Å². The molecule has 0 saturated carbocycles. The minimum Gasteiger partial charge on any atom is -0.491 e. The van der Waals surface area contributed by atoms with Crippen molar-refractivity contribution in [2.75, 3.05) is 18.9 Å². The van der Waals surface area contributed by atoms with E-state index in [1.54, 1.807) is 18.2 Å². The fourth-order valence-electron chi connectivity index (χ4n) is 1.38. The molecule has 0 amide bonds. The smallest absolute Gasteiger partial charge is 0.339 e. The van der Waals surface area contributed by atoms with Crippen LogP contribution in [-0.4, -0.2) is 19.2 Å². The molecule has 0 fully saturated rings. The van der Waals surface area contributed by atoms with Gasteiger partial charge in [-0.2, -0.15) is 0 Å². The maximum atomic E-state index is 11.6. The maximum Gasteiger partial charge on any atom is 0.339 e. The maximum absolute atomic E-state index is 11.6. The van der Waals surface area contributed by atoms with E-state index in [9.17, 15) is 4.79 Å². The summed E-state index contributed by atoms with van der Waals surface area (Å²) < 4.78 is 10.4. The fourth-order valence-corrected chi connectivity index (χ4v) is 1.38. The van der Waals surface area contributed by atoms with E-state index in [0.29, 0.717) is 29.5 Å². The number of ether oxygens (including phenoxy) is 2. The molecule has 0 aliphatic rings. The Balaban J connectivity index is 2.71. The molecule has 1 aromatic rings. The lowest BCUT2D eigenvalue weighted by atomic mass is 10.1. The second kappa shape index (κ2) is 7.32. The molecule has 1 rings (SSSR count). The molecule has 0 unspecified atom stereocenters. The predicted molar refractivity (Wildman–Crippen MR) is 74.9 cm³/mol. The summed E-state index contributed by atoms with van der Waals surface area (Å²) in [6, 6.07) is 4.79. The summed E-state index contributed by atoms with van der Waals surface area (Å²) in [5.41, 5.74) is 6.67. The SMILES string of the molecule is C#CCOC(=O)c1ccc(N)c(OCCC(C)C)c1. The summed E-state index contributed by atoms with van der Waals surface area (Å²) in [6.45, 7) is 4.73. The largest absolute Gasteiger partial charge is 0.491 e. The molecule has 2 N–H and O–H groups in total. The molecule has 4 heteroatoms. The lowest BCUT2D eigenvalue weighted by molar-refractivity contribution is 0.0556. The van der Waals surface area contributed by atoms with Crippen LogP contribution in [0.3, 0.4) is 0 Å². The zero-order valence-electron chi connectivity index (χ0n) is 11.3. The number of rotatable bonds is 6. The van der Waals surface area contributed by atoms with Crippen molar-refractivity contribution >= 4 is 11.7 Å². The molecule has 0 aliphatic heterocycles. The summed E-state index contributed by atoms with van der Waals surface area (Å²) in [5.74, 6) is 2.80. The van der Waals surface area contributed by atoms with Crippen molar-refractivity contribution < 1.29 is 14.3 Å². The predicted octanol–water partition coefficient (Wildman–Crippen LogP) is 2.48. The Morgan fingerprint density at radius 3 is 2.84 bits per heavy atom. The third-order valence-electron chi connectivity index (χ3n) is 2.49. The lowest BCUT2D eigenvalue weighted by Crippen LogP contribution is -2.08. The Bertz CT molecular complexity index is 475. The first-order valence-electron chi connectivity index (χ1n) is 6.17. The van der Waals surface area contributed by atoms with Crippen LogP contribution in [0.25, 0.3) is 0 Å². The van der Waals surface area contributed by atoms with Crippen LogP contribution < -0.4 is 10.5 Å². The van der Waals surface area contributed by atoms with E-state index in [2.05, 4.69) is 19.8 Å². The van der Waals surface area contributed by atoms with Crippen molar-refractivity contribution in [2.24, 2.45) is 5.92 Å². The number of benzene rings is 1. The monoisotopic (exact) mass is 261 g/mol. The number of carbonyl (C=O) groups is 1. The molecular formula is C15H19NO3. The molecular weight excluding hydrogens is 242 g/mol. The van der Waals surface area contributed by atoms with E-state index < -0.39 is 5.97 Å². The molecule has 0 heterocycles. The number of terminal acetylenes is 1. The van der Waals surface area contributed by atoms with Crippen LogP contribution in [0.4, 0.5) is 5.69 Å². The summed E-state index contributed by atoms with van der Waals surface area (Å²) in [5, 5.41) is 0. The summed E-state index contributed by atoms with van der Waals surface area (Å²) >= 11 is 0. The van der Waals surface area contributed by atoms with Crippen LogP contribution in [0.15, 0.2) is 18.2 Å². The Morgan fingerprint density at radius 2 is 2.21 bits per heavy atom. The number of nitrogens with two attached hydrogens (primary N) is 1. The highest BCUT2D eigenvalue weighted by Gasteiger charge is 2.10.